The van der Waals surface area contributed by atoms with Gasteiger partial charge in [-0.05, 0) is 19.9 Å². The lowest BCUT2D eigenvalue weighted by Crippen LogP contribution is -2.44. The number of nitrogens with zero attached hydrogens (tertiary/aromatic N) is 1. The van der Waals surface area contributed by atoms with E-state index in [1.165, 1.54) is 25.7 Å². The largest absolute Gasteiger partial charge is 0.380 e. The molecule has 0 spiro atoms. The second kappa shape index (κ2) is 6.38. The lowest BCUT2D eigenvalue weighted by molar-refractivity contribution is 0.129. The molecule has 1 fully saturated rings. The molecule has 2 unspecified atom stereocenters. The Morgan fingerprint density at radius 1 is 1.57 bits per heavy atom. The molecule has 0 amide bonds. The molecule has 2 N–H and O–H groups in total. The molecule has 1 aliphatic heterocycles. The molecule has 2 atom stereocenters. The highest BCUT2D eigenvalue weighted by molar-refractivity contribution is 4.79. The third-order valence-corrected chi connectivity index (χ3v) is 3.22. The SMILES string of the molecule is CCCCC(CN)N(C)C1CCOC1. The number of nitrogens with two attached hydrogens (primary N) is 1. The molecule has 14 heavy (non-hydrogen) atoms. The first-order valence-corrected chi connectivity index (χ1v) is 5.79. The maximum absolute atomic E-state index is 5.80. The zero-order valence-electron chi connectivity index (χ0n) is 9.54. The van der Waals surface area contributed by atoms with Crippen molar-refractivity contribution in [3.05, 3.63) is 0 Å². The van der Waals surface area contributed by atoms with Gasteiger partial charge in [0.25, 0.3) is 0 Å². The highest BCUT2D eigenvalue weighted by atomic mass is 16.5. The Morgan fingerprint density at radius 3 is 2.86 bits per heavy atom. The van der Waals surface area contributed by atoms with E-state index in [4.69, 9.17) is 10.5 Å². The molecule has 3 nitrogen and oxygen atoms in total. The van der Waals surface area contributed by atoms with Crippen molar-refractivity contribution in [3.8, 4) is 0 Å². The number of unbranched alkanes of at least 4 members (excludes halogenated alkanes) is 1. The standard InChI is InChI=1S/C11H24N2O/c1-3-4-5-10(8-12)13(2)11-6-7-14-9-11/h10-11H,3-9,12H2,1-2H3. The van der Waals surface area contributed by atoms with Crippen LogP contribution in [0.2, 0.25) is 0 Å². The average Bonchev–Trinajstić information content (AvgIpc) is 2.71. The molecule has 1 saturated heterocycles. The predicted octanol–water partition coefficient (Wildman–Crippen LogP) is 1.22. The van der Waals surface area contributed by atoms with Gasteiger partial charge >= 0.3 is 0 Å². The first-order chi connectivity index (χ1) is 6.79. The Hall–Kier alpha value is -0.120. The highest BCUT2D eigenvalue weighted by Gasteiger charge is 2.24. The van der Waals surface area contributed by atoms with Gasteiger partial charge in [-0.2, -0.15) is 0 Å². The lowest BCUT2D eigenvalue weighted by Gasteiger charge is -2.31. The number of ether oxygens (including phenoxy) is 1. The van der Waals surface area contributed by atoms with Gasteiger partial charge in [0.1, 0.15) is 0 Å². The Bertz CT molecular complexity index is 146. The third-order valence-electron chi connectivity index (χ3n) is 3.22. The summed E-state index contributed by atoms with van der Waals surface area (Å²) < 4.78 is 5.39. The average molecular weight is 200 g/mol. The molecular formula is C11H24N2O. The van der Waals surface area contributed by atoms with Crippen LogP contribution in [-0.4, -0.2) is 43.8 Å². The van der Waals surface area contributed by atoms with Gasteiger partial charge in [0, 0.05) is 25.2 Å². The van der Waals surface area contributed by atoms with E-state index < -0.39 is 0 Å². The molecule has 1 aliphatic rings. The maximum atomic E-state index is 5.80. The van der Waals surface area contributed by atoms with Crippen molar-refractivity contribution in [3.63, 3.8) is 0 Å². The summed E-state index contributed by atoms with van der Waals surface area (Å²) in [5.41, 5.74) is 5.80. The topological polar surface area (TPSA) is 38.5 Å². The van der Waals surface area contributed by atoms with E-state index >= 15 is 0 Å². The summed E-state index contributed by atoms with van der Waals surface area (Å²) in [5.74, 6) is 0. The van der Waals surface area contributed by atoms with Crippen molar-refractivity contribution in [2.75, 3.05) is 26.8 Å². The van der Waals surface area contributed by atoms with Gasteiger partial charge in [0.2, 0.25) is 0 Å². The normalized spacial score (nSPS) is 24.4. The van der Waals surface area contributed by atoms with Gasteiger partial charge in [-0.15, -0.1) is 0 Å². The van der Waals surface area contributed by atoms with E-state index in [2.05, 4.69) is 18.9 Å². The second-order valence-corrected chi connectivity index (χ2v) is 4.21. The quantitative estimate of drug-likeness (QED) is 0.701. The minimum Gasteiger partial charge on any atom is -0.380 e. The fourth-order valence-corrected chi connectivity index (χ4v) is 2.07. The zero-order valence-corrected chi connectivity index (χ0v) is 9.54. The maximum Gasteiger partial charge on any atom is 0.0622 e. The van der Waals surface area contributed by atoms with Crippen molar-refractivity contribution in [2.45, 2.75) is 44.7 Å². The Labute approximate surface area is 87.6 Å². The molecule has 1 heterocycles. The molecule has 0 aromatic rings. The van der Waals surface area contributed by atoms with E-state index in [0.717, 1.165) is 19.8 Å². The van der Waals surface area contributed by atoms with Crippen molar-refractivity contribution in [2.24, 2.45) is 5.73 Å². The molecule has 0 aromatic carbocycles. The molecule has 1 rings (SSSR count). The highest BCUT2D eigenvalue weighted by Crippen LogP contribution is 2.16. The van der Waals surface area contributed by atoms with Gasteiger partial charge < -0.3 is 10.5 Å². The van der Waals surface area contributed by atoms with E-state index in [1.54, 1.807) is 0 Å². The summed E-state index contributed by atoms with van der Waals surface area (Å²) in [6.07, 6.45) is 4.92. The van der Waals surface area contributed by atoms with Gasteiger partial charge in [-0.25, -0.2) is 0 Å². The van der Waals surface area contributed by atoms with E-state index in [9.17, 15) is 0 Å². The van der Waals surface area contributed by atoms with Crippen LogP contribution in [0.25, 0.3) is 0 Å². The van der Waals surface area contributed by atoms with Crippen molar-refractivity contribution < 1.29 is 4.74 Å². The molecule has 0 radical (unpaired) electrons. The molecule has 0 saturated carbocycles. The molecule has 0 aliphatic carbocycles. The summed E-state index contributed by atoms with van der Waals surface area (Å²) in [6.45, 7) is 4.80. The van der Waals surface area contributed by atoms with Gasteiger partial charge in [0.15, 0.2) is 0 Å². The smallest absolute Gasteiger partial charge is 0.0622 e. The van der Waals surface area contributed by atoms with Gasteiger partial charge in [0.05, 0.1) is 6.61 Å². The molecule has 84 valence electrons. The van der Waals surface area contributed by atoms with Crippen LogP contribution in [-0.2, 0) is 4.74 Å². The van der Waals surface area contributed by atoms with Crippen molar-refractivity contribution >= 4 is 0 Å². The van der Waals surface area contributed by atoms with Crippen LogP contribution < -0.4 is 5.73 Å². The van der Waals surface area contributed by atoms with Crippen molar-refractivity contribution in [1.82, 2.24) is 4.90 Å². The zero-order chi connectivity index (χ0) is 10.4. The first-order valence-electron chi connectivity index (χ1n) is 5.79. The van der Waals surface area contributed by atoms with Crippen LogP contribution in [0.5, 0.6) is 0 Å². The summed E-state index contributed by atoms with van der Waals surface area (Å²) in [6, 6.07) is 1.14. The van der Waals surface area contributed by atoms with Crippen LogP contribution in [0, 0.1) is 0 Å². The minimum atomic E-state index is 0.543. The molecule has 0 aromatic heterocycles. The number of likely N-dealkylation sites (N-methyl/N-ethyl adjacent to an activating group) is 1. The van der Waals surface area contributed by atoms with Crippen LogP contribution in [0.1, 0.15) is 32.6 Å². The summed E-state index contributed by atoms with van der Waals surface area (Å²) in [5, 5.41) is 0. The predicted molar refractivity (Wildman–Crippen MR) is 59.4 cm³/mol. The second-order valence-electron chi connectivity index (χ2n) is 4.21. The van der Waals surface area contributed by atoms with Crippen LogP contribution in [0.4, 0.5) is 0 Å². The van der Waals surface area contributed by atoms with Gasteiger partial charge in [-0.3, -0.25) is 4.90 Å². The number of hydrogen-bond acceptors (Lipinski definition) is 3. The van der Waals surface area contributed by atoms with E-state index in [-0.39, 0.29) is 0 Å². The van der Waals surface area contributed by atoms with E-state index in [0.29, 0.717) is 12.1 Å². The van der Waals surface area contributed by atoms with Crippen LogP contribution >= 0.6 is 0 Å². The van der Waals surface area contributed by atoms with Crippen LogP contribution in [0.3, 0.4) is 0 Å². The number of rotatable bonds is 6. The van der Waals surface area contributed by atoms with Crippen molar-refractivity contribution in [1.29, 1.82) is 0 Å². The lowest BCUT2D eigenvalue weighted by atomic mass is 10.1. The number of hydrogen-bond donors (Lipinski definition) is 1. The Kier molecular flexibility index (Phi) is 5.45. The Balaban J connectivity index is 2.33. The summed E-state index contributed by atoms with van der Waals surface area (Å²) in [4.78, 5) is 2.42. The first kappa shape index (κ1) is 12.0. The summed E-state index contributed by atoms with van der Waals surface area (Å²) in [7, 11) is 2.19. The Morgan fingerprint density at radius 2 is 2.36 bits per heavy atom. The minimum absolute atomic E-state index is 0.543. The molecular weight excluding hydrogens is 176 g/mol. The molecule has 0 bridgehead atoms. The fourth-order valence-electron chi connectivity index (χ4n) is 2.07. The summed E-state index contributed by atoms with van der Waals surface area (Å²) >= 11 is 0. The van der Waals surface area contributed by atoms with E-state index in [1.807, 2.05) is 0 Å². The van der Waals surface area contributed by atoms with Crippen LogP contribution in [0.15, 0.2) is 0 Å². The molecule has 3 heteroatoms. The van der Waals surface area contributed by atoms with Gasteiger partial charge in [-0.1, -0.05) is 19.8 Å². The fraction of sp³-hybridized carbons (Fsp3) is 1.00. The monoisotopic (exact) mass is 200 g/mol. The third kappa shape index (κ3) is 3.23.